The van der Waals surface area contributed by atoms with E-state index in [4.69, 9.17) is 21.3 Å². The number of hydrogen-bond acceptors (Lipinski definition) is 6. The maximum atomic E-state index is 14.2. The molecule has 10 nitrogen and oxygen atoms in total. The van der Waals surface area contributed by atoms with Gasteiger partial charge < -0.3 is 15.0 Å². The first-order valence-corrected chi connectivity index (χ1v) is 12.6. The monoisotopic (exact) mass is 531 g/mol. The molecule has 0 radical (unpaired) electrons. The number of nitrogens with one attached hydrogen (secondary N) is 2. The molecule has 0 bridgehead atoms. The van der Waals surface area contributed by atoms with E-state index in [1.807, 2.05) is 26.0 Å². The highest BCUT2D eigenvalue weighted by atomic mass is 35.5. The van der Waals surface area contributed by atoms with Crippen molar-refractivity contribution in [3.63, 3.8) is 0 Å². The lowest BCUT2D eigenvalue weighted by Crippen LogP contribution is -2.55. The molecule has 1 saturated heterocycles. The number of benzene rings is 2. The smallest absolute Gasteiger partial charge is 0.326 e. The van der Waals surface area contributed by atoms with Crippen molar-refractivity contribution in [3.8, 4) is 11.8 Å². The van der Waals surface area contributed by atoms with Crippen LogP contribution >= 0.6 is 11.6 Å². The third kappa shape index (κ3) is 4.93. The maximum Gasteiger partial charge on any atom is 0.326 e. The van der Waals surface area contributed by atoms with Crippen LogP contribution in [-0.4, -0.2) is 63.5 Å². The van der Waals surface area contributed by atoms with Gasteiger partial charge in [0, 0.05) is 29.9 Å². The molecule has 0 aliphatic carbocycles. The number of aromatic amines is 1. The Labute approximate surface area is 224 Å². The Morgan fingerprint density at radius 2 is 2.00 bits per heavy atom. The number of piperazine rings is 1. The molecule has 3 aromatic rings. The minimum atomic E-state index is -0.556. The second kappa shape index (κ2) is 10.6. The number of amides is 3. The molecule has 2 atom stereocenters. The van der Waals surface area contributed by atoms with Gasteiger partial charge in [-0.1, -0.05) is 23.7 Å². The van der Waals surface area contributed by atoms with Crippen LogP contribution in [0, 0.1) is 11.3 Å². The zero-order chi connectivity index (χ0) is 26.8. The van der Waals surface area contributed by atoms with Crippen LogP contribution in [0.1, 0.15) is 48.2 Å². The largest absolute Gasteiger partial charge is 0.490 e. The standard InChI is InChI=1S/C27H26ClN7O3/c1-16(2)38-22-11-17(12-29)3-8-21(22)26-33-24(19-13-31-32-14-19)25(18-4-6-20(28)7-5-18)35(26)27(37)34-10-9-30-23(36)15-34/h3-8,11,13-14,16,24-25H,9-10,15H2,1-2H3,(H,30,36)(H,31,32). The molecule has 2 unspecified atom stereocenters. The Balaban J connectivity index is 1.69. The Morgan fingerprint density at radius 1 is 1.21 bits per heavy atom. The number of halogens is 1. The Morgan fingerprint density at radius 3 is 2.66 bits per heavy atom. The summed E-state index contributed by atoms with van der Waals surface area (Å²) in [5.41, 5.74) is 2.59. The van der Waals surface area contributed by atoms with E-state index in [0.717, 1.165) is 11.1 Å². The van der Waals surface area contributed by atoms with Gasteiger partial charge in [0.15, 0.2) is 0 Å². The van der Waals surface area contributed by atoms with Crippen molar-refractivity contribution in [2.45, 2.75) is 32.0 Å². The quantitative estimate of drug-likeness (QED) is 0.517. The summed E-state index contributed by atoms with van der Waals surface area (Å²) in [6, 6.07) is 13.1. The van der Waals surface area contributed by atoms with Crippen LogP contribution in [0.15, 0.2) is 59.9 Å². The molecule has 11 heteroatoms. The number of rotatable bonds is 5. The van der Waals surface area contributed by atoms with Gasteiger partial charge in [0.25, 0.3) is 0 Å². The number of carbonyl (C=O) groups excluding carboxylic acids is 2. The highest BCUT2D eigenvalue weighted by Crippen LogP contribution is 2.45. The molecule has 0 spiro atoms. The molecule has 3 heterocycles. The molecule has 38 heavy (non-hydrogen) atoms. The SMILES string of the molecule is CC(C)Oc1cc(C#N)ccc1C1=NC(c2cn[nH]c2)C(c2ccc(Cl)cc2)N1C(=O)N1CCNC(=O)C1. The van der Waals surface area contributed by atoms with E-state index in [9.17, 15) is 14.9 Å². The summed E-state index contributed by atoms with van der Waals surface area (Å²) in [6.45, 7) is 4.44. The van der Waals surface area contributed by atoms with Crippen molar-refractivity contribution >= 4 is 29.4 Å². The van der Waals surface area contributed by atoms with Gasteiger partial charge >= 0.3 is 6.03 Å². The van der Waals surface area contributed by atoms with Gasteiger partial charge in [-0.05, 0) is 49.7 Å². The van der Waals surface area contributed by atoms with Gasteiger partial charge in [0.05, 0.1) is 35.5 Å². The third-order valence-corrected chi connectivity index (χ3v) is 6.62. The molecular weight excluding hydrogens is 506 g/mol. The highest BCUT2D eigenvalue weighted by molar-refractivity contribution is 6.30. The summed E-state index contributed by atoms with van der Waals surface area (Å²) in [5, 5.41) is 19.8. The number of aliphatic imine (C=N–C) groups is 1. The number of ether oxygens (including phenoxy) is 1. The van der Waals surface area contributed by atoms with Gasteiger partial charge in [0.1, 0.15) is 24.2 Å². The highest BCUT2D eigenvalue weighted by Gasteiger charge is 2.45. The number of H-pyrrole nitrogens is 1. The van der Waals surface area contributed by atoms with Crippen molar-refractivity contribution in [3.05, 3.63) is 82.1 Å². The van der Waals surface area contributed by atoms with Gasteiger partial charge in [-0.15, -0.1) is 0 Å². The summed E-state index contributed by atoms with van der Waals surface area (Å²) in [6.07, 6.45) is 3.25. The van der Waals surface area contributed by atoms with E-state index in [2.05, 4.69) is 21.6 Å². The fourth-order valence-corrected chi connectivity index (χ4v) is 4.83. The van der Waals surface area contributed by atoms with Crippen LogP contribution in [0.4, 0.5) is 4.79 Å². The maximum absolute atomic E-state index is 14.2. The van der Waals surface area contributed by atoms with Crippen molar-refractivity contribution in [1.82, 2.24) is 25.3 Å². The van der Waals surface area contributed by atoms with Gasteiger partial charge in [-0.2, -0.15) is 10.4 Å². The summed E-state index contributed by atoms with van der Waals surface area (Å²) in [7, 11) is 0. The summed E-state index contributed by atoms with van der Waals surface area (Å²) < 4.78 is 6.09. The van der Waals surface area contributed by atoms with Crippen molar-refractivity contribution < 1.29 is 14.3 Å². The lowest BCUT2D eigenvalue weighted by Gasteiger charge is -2.35. The Kier molecular flexibility index (Phi) is 7.03. The number of nitrogens with zero attached hydrogens (tertiary/aromatic N) is 5. The van der Waals surface area contributed by atoms with Gasteiger partial charge in [0.2, 0.25) is 5.91 Å². The lowest BCUT2D eigenvalue weighted by molar-refractivity contribution is -0.123. The Hall–Kier alpha value is -4.36. The molecule has 5 rings (SSSR count). The first-order valence-electron chi connectivity index (χ1n) is 12.2. The first kappa shape index (κ1) is 25.3. The van der Waals surface area contributed by atoms with Crippen LogP contribution in [-0.2, 0) is 4.79 Å². The van der Waals surface area contributed by atoms with Crippen LogP contribution in [0.5, 0.6) is 5.75 Å². The summed E-state index contributed by atoms with van der Waals surface area (Å²) in [5.74, 6) is 0.598. The second-order valence-corrected chi connectivity index (χ2v) is 9.78. The zero-order valence-electron chi connectivity index (χ0n) is 20.9. The summed E-state index contributed by atoms with van der Waals surface area (Å²) in [4.78, 5) is 34.6. The van der Waals surface area contributed by atoms with E-state index in [-0.39, 0.29) is 24.6 Å². The van der Waals surface area contributed by atoms with E-state index in [1.54, 1.807) is 47.6 Å². The number of nitriles is 1. The Bertz CT molecular complexity index is 1410. The van der Waals surface area contributed by atoms with E-state index in [1.165, 1.54) is 4.90 Å². The topological polar surface area (TPSA) is 127 Å². The third-order valence-electron chi connectivity index (χ3n) is 6.37. The number of urea groups is 1. The number of carbonyl (C=O) groups is 2. The molecule has 2 aliphatic rings. The number of amidine groups is 1. The van der Waals surface area contributed by atoms with Crippen molar-refractivity contribution in [2.24, 2.45) is 4.99 Å². The number of aromatic nitrogens is 2. The van der Waals surface area contributed by atoms with E-state index in [0.29, 0.717) is 40.8 Å². The molecule has 0 saturated carbocycles. The van der Waals surface area contributed by atoms with E-state index < -0.39 is 12.1 Å². The molecule has 194 valence electrons. The minimum absolute atomic E-state index is 0.0605. The van der Waals surface area contributed by atoms with Crippen LogP contribution < -0.4 is 10.1 Å². The predicted molar refractivity (Wildman–Crippen MR) is 141 cm³/mol. The molecule has 3 amide bonds. The van der Waals surface area contributed by atoms with Crippen LogP contribution in [0.2, 0.25) is 5.02 Å². The average molecular weight is 532 g/mol. The summed E-state index contributed by atoms with van der Waals surface area (Å²) >= 11 is 6.19. The van der Waals surface area contributed by atoms with Gasteiger partial charge in [-0.25, -0.2) is 4.79 Å². The second-order valence-electron chi connectivity index (χ2n) is 9.34. The number of hydrogen-bond donors (Lipinski definition) is 2. The van der Waals surface area contributed by atoms with Crippen molar-refractivity contribution in [1.29, 1.82) is 5.26 Å². The molecule has 2 aliphatic heterocycles. The molecule has 2 aromatic carbocycles. The lowest BCUT2D eigenvalue weighted by atomic mass is 9.95. The fraction of sp³-hybridized carbons (Fsp3) is 0.296. The average Bonchev–Trinajstić information content (AvgIpc) is 3.57. The van der Waals surface area contributed by atoms with Crippen molar-refractivity contribution in [2.75, 3.05) is 19.6 Å². The molecule has 2 N–H and O–H groups in total. The molecular formula is C27H26ClN7O3. The fourth-order valence-electron chi connectivity index (χ4n) is 4.70. The van der Waals surface area contributed by atoms with Crippen LogP contribution in [0.25, 0.3) is 0 Å². The first-order chi connectivity index (χ1) is 18.4. The van der Waals surface area contributed by atoms with Crippen LogP contribution in [0.3, 0.4) is 0 Å². The predicted octanol–water partition coefficient (Wildman–Crippen LogP) is 3.82. The normalized spacial score (nSPS) is 19.2. The minimum Gasteiger partial charge on any atom is -0.490 e. The molecule has 1 aromatic heterocycles. The molecule has 1 fully saturated rings. The van der Waals surface area contributed by atoms with E-state index >= 15 is 0 Å². The zero-order valence-corrected chi connectivity index (χ0v) is 21.6. The van der Waals surface area contributed by atoms with Gasteiger partial charge in [-0.3, -0.25) is 19.8 Å².